The molecule has 1 fully saturated rings. The van der Waals surface area contributed by atoms with E-state index in [-0.39, 0.29) is 35.8 Å². The molecule has 2 atom stereocenters. The van der Waals surface area contributed by atoms with Gasteiger partial charge in [-0.3, -0.25) is 14.2 Å². The predicted molar refractivity (Wildman–Crippen MR) is 111 cm³/mol. The third-order valence-electron chi connectivity index (χ3n) is 5.12. The van der Waals surface area contributed by atoms with E-state index in [0.717, 1.165) is 0 Å². The molecule has 0 aliphatic carbocycles. The molecular formula is C20H24N6O5. The molecule has 1 saturated heterocycles. The van der Waals surface area contributed by atoms with Crippen molar-refractivity contribution >= 4 is 17.1 Å². The Balaban J connectivity index is 1.63. The fourth-order valence-corrected chi connectivity index (χ4v) is 3.71. The molecule has 0 saturated carbocycles. The van der Waals surface area contributed by atoms with Gasteiger partial charge in [-0.25, -0.2) is 4.98 Å². The predicted octanol–water partition coefficient (Wildman–Crippen LogP) is 0.630. The van der Waals surface area contributed by atoms with E-state index >= 15 is 0 Å². The Morgan fingerprint density at radius 2 is 1.87 bits per heavy atom. The Morgan fingerprint density at radius 1 is 1.16 bits per heavy atom. The highest BCUT2D eigenvalue weighted by atomic mass is 16.5. The van der Waals surface area contributed by atoms with Crippen LogP contribution < -0.4 is 15.0 Å². The lowest BCUT2D eigenvalue weighted by molar-refractivity contribution is -0.143. The third kappa shape index (κ3) is 3.96. The van der Waals surface area contributed by atoms with Gasteiger partial charge in [0.1, 0.15) is 12.9 Å². The standard InChI is InChI=1S/C20H24N6O5/c1-12-8-24(9-13(2)31-12)17(27)10-25-11-21-19-18(20(25)28)22-23-26(19)14-5-6-15(29-3)16(7-14)30-4/h5-7,11-13H,8-10H2,1-4H3/t12-,13+. The molecule has 0 spiro atoms. The van der Waals surface area contributed by atoms with Crippen LogP contribution in [0.25, 0.3) is 16.9 Å². The molecule has 0 unspecified atom stereocenters. The summed E-state index contributed by atoms with van der Waals surface area (Å²) in [5.74, 6) is 0.908. The molecule has 3 heterocycles. The summed E-state index contributed by atoms with van der Waals surface area (Å²) in [6, 6.07) is 5.20. The number of benzene rings is 1. The van der Waals surface area contributed by atoms with Crippen LogP contribution in [0, 0.1) is 0 Å². The van der Waals surface area contributed by atoms with Crippen molar-refractivity contribution in [1.29, 1.82) is 0 Å². The first-order chi connectivity index (χ1) is 14.9. The molecule has 31 heavy (non-hydrogen) atoms. The van der Waals surface area contributed by atoms with Gasteiger partial charge in [0.05, 0.1) is 32.1 Å². The largest absolute Gasteiger partial charge is 0.493 e. The summed E-state index contributed by atoms with van der Waals surface area (Å²) in [6.45, 7) is 4.70. The Hall–Kier alpha value is -3.47. The molecule has 2 aromatic heterocycles. The number of ether oxygens (including phenoxy) is 3. The van der Waals surface area contributed by atoms with Gasteiger partial charge in [-0.2, -0.15) is 4.68 Å². The highest BCUT2D eigenvalue weighted by molar-refractivity contribution is 5.77. The van der Waals surface area contributed by atoms with Gasteiger partial charge < -0.3 is 19.1 Å². The van der Waals surface area contributed by atoms with Crippen molar-refractivity contribution in [3.8, 4) is 17.2 Å². The van der Waals surface area contributed by atoms with E-state index in [1.165, 1.54) is 22.7 Å². The minimum Gasteiger partial charge on any atom is -0.493 e. The van der Waals surface area contributed by atoms with E-state index < -0.39 is 5.56 Å². The number of carbonyl (C=O) groups is 1. The molecule has 0 bridgehead atoms. The van der Waals surface area contributed by atoms with E-state index in [2.05, 4.69) is 15.3 Å². The number of carbonyl (C=O) groups excluding carboxylic acids is 1. The van der Waals surface area contributed by atoms with E-state index in [4.69, 9.17) is 14.2 Å². The van der Waals surface area contributed by atoms with Gasteiger partial charge in [-0.05, 0) is 26.0 Å². The molecular weight excluding hydrogens is 404 g/mol. The minimum atomic E-state index is -0.431. The molecule has 11 heteroatoms. The lowest BCUT2D eigenvalue weighted by Crippen LogP contribution is -2.49. The number of nitrogens with zero attached hydrogens (tertiary/aromatic N) is 6. The van der Waals surface area contributed by atoms with E-state index in [0.29, 0.717) is 30.3 Å². The number of hydrogen-bond donors (Lipinski definition) is 0. The van der Waals surface area contributed by atoms with Crippen LogP contribution in [0.4, 0.5) is 0 Å². The number of rotatable bonds is 5. The van der Waals surface area contributed by atoms with Gasteiger partial charge in [-0.15, -0.1) is 5.10 Å². The molecule has 1 aromatic carbocycles. The summed E-state index contributed by atoms with van der Waals surface area (Å²) >= 11 is 0. The highest BCUT2D eigenvalue weighted by Crippen LogP contribution is 2.29. The monoisotopic (exact) mass is 428 g/mol. The minimum absolute atomic E-state index is 0.0496. The van der Waals surface area contributed by atoms with Gasteiger partial charge in [-0.1, -0.05) is 5.21 Å². The van der Waals surface area contributed by atoms with Crippen LogP contribution >= 0.6 is 0 Å². The number of morpholine rings is 1. The molecule has 11 nitrogen and oxygen atoms in total. The zero-order chi connectivity index (χ0) is 22.1. The summed E-state index contributed by atoms with van der Waals surface area (Å²) in [5.41, 5.74) is 0.542. The molecule has 164 valence electrons. The zero-order valence-corrected chi connectivity index (χ0v) is 17.8. The molecule has 3 aromatic rings. The van der Waals surface area contributed by atoms with Crippen LogP contribution in [-0.4, -0.2) is 74.9 Å². The molecule has 0 radical (unpaired) electrons. The van der Waals surface area contributed by atoms with Crippen LogP contribution in [0.15, 0.2) is 29.3 Å². The van der Waals surface area contributed by atoms with Crippen molar-refractivity contribution in [2.24, 2.45) is 0 Å². The summed E-state index contributed by atoms with van der Waals surface area (Å²) in [7, 11) is 3.08. The van der Waals surface area contributed by atoms with E-state index in [9.17, 15) is 9.59 Å². The maximum atomic E-state index is 12.9. The number of amides is 1. The average Bonchev–Trinajstić information content (AvgIpc) is 3.19. The third-order valence-corrected chi connectivity index (χ3v) is 5.12. The number of aromatic nitrogens is 5. The maximum Gasteiger partial charge on any atom is 0.284 e. The van der Waals surface area contributed by atoms with Crippen LogP contribution in [0.3, 0.4) is 0 Å². The fraction of sp³-hybridized carbons (Fsp3) is 0.450. The summed E-state index contributed by atoms with van der Waals surface area (Å²) < 4.78 is 18.9. The quantitative estimate of drug-likeness (QED) is 0.581. The second-order valence-electron chi connectivity index (χ2n) is 7.45. The van der Waals surface area contributed by atoms with Gasteiger partial charge in [0.15, 0.2) is 22.7 Å². The van der Waals surface area contributed by atoms with Gasteiger partial charge in [0.2, 0.25) is 5.91 Å². The van der Waals surface area contributed by atoms with E-state index in [1.54, 1.807) is 30.2 Å². The number of methoxy groups -OCH3 is 2. The second-order valence-corrected chi connectivity index (χ2v) is 7.45. The summed E-state index contributed by atoms with van der Waals surface area (Å²) in [5, 5.41) is 8.07. The van der Waals surface area contributed by atoms with Crippen LogP contribution in [0.1, 0.15) is 13.8 Å². The second kappa shape index (κ2) is 8.34. The number of hydrogen-bond acceptors (Lipinski definition) is 8. The first-order valence-electron chi connectivity index (χ1n) is 9.87. The van der Waals surface area contributed by atoms with Crippen LogP contribution in [-0.2, 0) is 16.1 Å². The van der Waals surface area contributed by atoms with Crippen molar-refractivity contribution in [3.05, 3.63) is 34.9 Å². The van der Waals surface area contributed by atoms with Crippen LogP contribution in [0.5, 0.6) is 11.5 Å². The maximum absolute atomic E-state index is 12.9. The Morgan fingerprint density at radius 3 is 2.55 bits per heavy atom. The van der Waals surface area contributed by atoms with Gasteiger partial charge in [0.25, 0.3) is 5.56 Å². The Kier molecular flexibility index (Phi) is 5.59. The van der Waals surface area contributed by atoms with Crippen molar-refractivity contribution in [1.82, 2.24) is 29.4 Å². The summed E-state index contributed by atoms with van der Waals surface area (Å²) in [6.07, 6.45) is 1.24. The first-order valence-corrected chi connectivity index (χ1v) is 9.87. The smallest absolute Gasteiger partial charge is 0.284 e. The topological polar surface area (TPSA) is 114 Å². The molecule has 0 N–H and O–H groups in total. The highest BCUT2D eigenvalue weighted by Gasteiger charge is 2.26. The van der Waals surface area contributed by atoms with Crippen molar-refractivity contribution in [2.45, 2.75) is 32.6 Å². The normalized spacial score (nSPS) is 18.9. The SMILES string of the molecule is COc1ccc(-n2nnc3c(=O)n(CC(=O)N4C[C@@H](C)O[C@@H](C)C4)cnc32)cc1OC. The average molecular weight is 428 g/mol. The first kappa shape index (κ1) is 20.8. The van der Waals surface area contributed by atoms with Crippen molar-refractivity contribution < 1.29 is 19.0 Å². The molecule has 1 amide bonds. The van der Waals surface area contributed by atoms with Gasteiger partial charge >= 0.3 is 0 Å². The Bertz CT molecular complexity index is 1160. The Labute approximate surface area is 178 Å². The molecule has 4 rings (SSSR count). The van der Waals surface area contributed by atoms with Gasteiger partial charge in [0, 0.05) is 19.2 Å². The lowest BCUT2D eigenvalue weighted by Gasteiger charge is -2.35. The van der Waals surface area contributed by atoms with Crippen LogP contribution in [0.2, 0.25) is 0 Å². The molecule has 1 aliphatic heterocycles. The lowest BCUT2D eigenvalue weighted by atomic mass is 10.2. The molecule has 1 aliphatic rings. The summed E-state index contributed by atoms with van der Waals surface area (Å²) in [4.78, 5) is 31.7. The van der Waals surface area contributed by atoms with Crippen molar-refractivity contribution in [3.63, 3.8) is 0 Å². The number of fused-ring (bicyclic) bond motifs is 1. The van der Waals surface area contributed by atoms with Crippen molar-refractivity contribution in [2.75, 3.05) is 27.3 Å². The fourth-order valence-electron chi connectivity index (χ4n) is 3.71. The van der Waals surface area contributed by atoms with E-state index in [1.807, 2.05) is 13.8 Å². The zero-order valence-electron chi connectivity index (χ0n) is 17.8.